The van der Waals surface area contributed by atoms with Crippen molar-refractivity contribution < 1.29 is 19.2 Å². The zero-order valence-corrected chi connectivity index (χ0v) is 21.8. The summed E-state index contributed by atoms with van der Waals surface area (Å²) in [6.07, 6.45) is 12.4. The summed E-state index contributed by atoms with van der Waals surface area (Å²) in [5, 5.41) is 7.49. The van der Waals surface area contributed by atoms with E-state index in [1.54, 1.807) is 11.3 Å². The van der Waals surface area contributed by atoms with Crippen LogP contribution in [0.3, 0.4) is 0 Å². The van der Waals surface area contributed by atoms with Gasteiger partial charge in [0, 0.05) is 57.5 Å². The van der Waals surface area contributed by atoms with Crippen molar-refractivity contribution in [2.75, 3.05) is 52.5 Å². The van der Waals surface area contributed by atoms with Crippen LogP contribution < -0.4 is 10.6 Å². The zero-order valence-electron chi connectivity index (χ0n) is 21.8. The monoisotopic (exact) mass is 503 g/mol. The van der Waals surface area contributed by atoms with Gasteiger partial charge in [0.25, 0.3) is 0 Å². The highest BCUT2D eigenvalue weighted by molar-refractivity contribution is 5.75. The number of ether oxygens (including phenoxy) is 1. The van der Waals surface area contributed by atoms with Gasteiger partial charge in [0.1, 0.15) is 0 Å². The number of amides is 3. The van der Waals surface area contributed by atoms with E-state index in [-0.39, 0.29) is 18.0 Å². The number of pyridine rings is 1. The van der Waals surface area contributed by atoms with Crippen LogP contribution in [0.4, 0.5) is 4.79 Å². The van der Waals surface area contributed by atoms with E-state index in [1.165, 1.54) is 19.3 Å². The van der Waals surface area contributed by atoms with Crippen LogP contribution in [0.1, 0.15) is 69.9 Å². The Morgan fingerprint density at radius 1 is 1.03 bits per heavy atom. The minimum Gasteiger partial charge on any atom is -0.379 e. The largest absolute Gasteiger partial charge is 0.379 e. The molecule has 0 unspecified atom stereocenters. The molecule has 0 atom stereocenters. The lowest BCUT2D eigenvalue weighted by molar-refractivity contribution is -0.205. The van der Waals surface area contributed by atoms with Gasteiger partial charge in [-0.1, -0.05) is 38.2 Å². The summed E-state index contributed by atoms with van der Waals surface area (Å²) >= 11 is 0. The average molecular weight is 504 g/mol. The Bertz CT molecular complexity index is 739. The average Bonchev–Trinajstić information content (AvgIpc) is 2.92. The number of nitrogens with zero attached hydrogens (tertiary/aromatic N) is 3. The number of hydrogen-bond donors (Lipinski definition) is 2. The van der Waals surface area contributed by atoms with Crippen LogP contribution in [0.15, 0.2) is 24.4 Å². The molecule has 2 fully saturated rings. The van der Waals surface area contributed by atoms with Gasteiger partial charge in [-0.2, -0.15) is 0 Å². The molecule has 1 saturated heterocycles. The Morgan fingerprint density at radius 3 is 2.58 bits per heavy atom. The first kappa shape index (κ1) is 28.3. The number of urea groups is 1. The Morgan fingerprint density at radius 2 is 1.81 bits per heavy atom. The van der Waals surface area contributed by atoms with Crippen LogP contribution in [0.2, 0.25) is 0 Å². The molecule has 9 heteroatoms. The first-order valence-corrected chi connectivity index (χ1v) is 13.9. The molecule has 2 aliphatic rings. The number of hydroxylamine groups is 2. The van der Waals surface area contributed by atoms with Crippen molar-refractivity contribution in [2.45, 2.75) is 76.7 Å². The number of nitrogens with one attached hydrogen (secondary N) is 2. The van der Waals surface area contributed by atoms with Crippen molar-refractivity contribution in [3.05, 3.63) is 30.1 Å². The Kier molecular flexibility index (Phi) is 13.6. The molecule has 1 aliphatic heterocycles. The van der Waals surface area contributed by atoms with Crippen LogP contribution >= 0.6 is 0 Å². The number of unbranched alkanes of at least 4 members (excludes halogenated alkanes) is 3. The topological polar surface area (TPSA) is 96.0 Å². The van der Waals surface area contributed by atoms with Gasteiger partial charge >= 0.3 is 6.03 Å². The van der Waals surface area contributed by atoms with Gasteiger partial charge < -0.3 is 15.4 Å². The molecule has 0 bridgehead atoms. The second-order valence-electron chi connectivity index (χ2n) is 9.72. The van der Waals surface area contributed by atoms with Gasteiger partial charge in [-0.05, 0) is 37.8 Å². The normalized spacial score (nSPS) is 17.0. The predicted molar refractivity (Wildman–Crippen MR) is 139 cm³/mol. The van der Waals surface area contributed by atoms with Crippen LogP contribution in [0.25, 0.3) is 0 Å². The van der Waals surface area contributed by atoms with Crippen molar-refractivity contribution in [2.24, 2.45) is 0 Å². The lowest BCUT2D eigenvalue weighted by Gasteiger charge is -2.34. The smallest absolute Gasteiger partial charge is 0.314 e. The first-order valence-electron chi connectivity index (χ1n) is 13.9. The molecule has 0 spiro atoms. The number of morpholine rings is 1. The van der Waals surface area contributed by atoms with Crippen LogP contribution in [0, 0.1) is 0 Å². The van der Waals surface area contributed by atoms with Crippen LogP contribution in [0.5, 0.6) is 0 Å². The third-order valence-electron chi connectivity index (χ3n) is 6.89. The van der Waals surface area contributed by atoms with Gasteiger partial charge in [0.05, 0.1) is 25.9 Å². The fourth-order valence-electron chi connectivity index (χ4n) is 4.77. The van der Waals surface area contributed by atoms with E-state index in [0.29, 0.717) is 26.1 Å². The molecule has 2 heterocycles. The zero-order chi connectivity index (χ0) is 25.3. The van der Waals surface area contributed by atoms with Gasteiger partial charge in [-0.3, -0.25) is 19.5 Å². The molecule has 3 amide bonds. The lowest BCUT2D eigenvalue weighted by atomic mass is 9.95. The predicted octanol–water partition coefficient (Wildman–Crippen LogP) is 3.30. The molecule has 1 saturated carbocycles. The van der Waals surface area contributed by atoms with E-state index in [0.717, 1.165) is 83.5 Å². The van der Waals surface area contributed by atoms with Crippen molar-refractivity contribution >= 4 is 11.9 Å². The Labute approximate surface area is 216 Å². The highest BCUT2D eigenvalue weighted by Crippen LogP contribution is 2.24. The fourth-order valence-corrected chi connectivity index (χ4v) is 4.77. The maximum atomic E-state index is 13.0. The Balaban J connectivity index is 1.24. The van der Waals surface area contributed by atoms with Gasteiger partial charge in [0.2, 0.25) is 5.91 Å². The molecule has 1 aliphatic carbocycles. The van der Waals surface area contributed by atoms with E-state index in [9.17, 15) is 9.59 Å². The van der Waals surface area contributed by atoms with Crippen LogP contribution in [-0.4, -0.2) is 85.5 Å². The molecular weight excluding hydrogens is 458 g/mol. The highest BCUT2D eigenvalue weighted by atomic mass is 16.7. The van der Waals surface area contributed by atoms with Gasteiger partial charge in [-0.15, -0.1) is 0 Å². The number of rotatable bonds is 15. The van der Waals surface area contributed by atoms with Crippen molar-refractivity contribution in [1.82, 2.24) is 25.6 Å². The molecular formula is C27H45N5O4. The maximum Gasteiger partial charge on any atom is 0.314 e. The summed E-state index contributed by atoms with van der Waals surface area (Å²) in [6.45, 7) is 6.01. The summed E-state index contributed by atoms with van der Waals surface area (Å²) in [4.78, 5) is 37.6. The van der Waals surface area contributed by atoms with Gasteiger partial charge in [-0.25, -0.2) is 9.86 Å². The van der Waals surface area contributed by atoms with E-state index >= 15 is 0 Å². The molecule has 2 N–H and O–H groups in total. The molecule has 1 aromatic heterocycles. The molecule has 202 valence electrons. The number of carbonyl (C=O) groups excluding carboxylic acids is 2. The molecule has 0 aromatic carbocycles. The minimum absolute atomic E-state index is 0.120. The molecule has 3 rings (SSSR count). The second kappa shape index (κ2) is 17.3. The van der Waals surface area contributed by atoms with Crippen LogP contribution in [-0.2, 0) is 20.8 Å². The van der Waals surface area contributed by atoms with E-state index in [4.69, 9.17) is 9.57 Å². The highest BCUT2D eigenvalue weighted by Gasteiger charge is 2.26. The third kappa shape index (κ3) is 11.2. The first-order chi connectivity index (χ1) is 17.7. The second-order valence-corrected chi connectivity index (χ2v) is 9.72. The van der Waals surface area contributed by atoms with E-state index in [1.807, 2.05) is 18.2 Å². The summed E-state index contributed by atoms with van der Waals surface area (Å²) in [5.41, 5.74) is 0.969. The summed E-state index contributed by atoms with van der Waals surface area (Å²) in [6, 6.07) is 5.86. The number of aromatic nitrogens is 1. The Hall–Kier alpha value is -2.23. The lowest BCUT2D eigenvalue weighted by Crippen LogP contribution is -2.44. The third-order valence-corrected chi connectivity index (χ3v) is 6.89. The molecule has 36 heavy (non-hydrogen) atoms. The van der Waals surface area contributed by atoms with Gasteiger partial charge in [0.15, 0.2) is 0 Å². The minimum atomic E-state index is -0.140. The summed E-state index contributed by atoms with van der Waals surface area (Å²) in [7, 11) is 0. The quantitative estimate of drug-likeness (QED) is 0.282. The number of hydrogen-bond acceptors (Lipinski definition) is 6. The van der Waals surface area contributed by atoms with E-state index in [2.05, 4.69) is 20.5 Å². The summed E-state index contributed by atoms with van der Waals surface area (Å²) < 4.78 is 5.41. The molecule has 9 nitrogen and oxygen atoms in total. The number of carbonyl (C=O) groups is 2. The SMILES string of the molecule is O=C(NCCCCCCC(=O)N(OCCN1CCOCC1)C1CCCCC1)NCCc1ccccn1. The van der Waals surface area contributed by atoms with E-state index < -0.39 is 0 Å². The fraction of sp³-hybridized carbons (Fsp3) is 0.741. The van der Waals surface area contributed by atoms with Crippen molar-refractivity contribution in [1.29, 1.82) is 0 Å². The van der Waals surface area contributed by atoms with Crippen molar-refractivity contribution in [3.63, 3.8) is 0 Å². The molecule has 0 radical (unpaired) electrons. The summed E-state index contributed by atoms with van der Waals surface area (Å²) in [5.74, 6) is 0.120. The molecule has 1 aromatic rings. The maximum absolute atomic E-state index is 13.0. The standard InChI is InChI=1S/C27H45N5O4/c33-26(32(25-11-4-3-5-12-25)36-23-20-31-18-21-35-22-19-31)13-6-1-2-8-16-29-27(34)30-17-14-24-10-7-9-15-28-24/h7,9-10,15,25H,1-6,8,11-14,16-23H2,(H2,29,30,34). The van der Waals surface area contributed by atoms with Crippen molar-refractivity contribution in [3.8, 4) is 0 Å².